The molecule has 1 aromatic rings. The molecule has 1 rings (SSSR count). The van der Waals surface area contributed by atoms with Crippen molar-refractivity contribution in [3.63, 3.8) is 0 Å². The minimum Gasteiger partial charge on any atom is -0.376 e. The van der Waals surface area contributed by atoms with Crippen LogP contribution in [0, 0.1) is 0 Å². The van der Waals surface area contributed by atoms with Gasteiger partial charge in [-0.25, -0.2) is 0 Å². The van der Waals surface area contributed by atoms with E-state index in [4.69, 9.17) is 0 Å². The molecule has 0 radical (unpaired) electrons. The lowest BCUT2D eigenvalue weighted by molar-refractivity contribution is -0.0502. The Labute approximate surface area is 146 Å². The number of halogens is 6. The van der Waals surface area contributed by atoms with Crippen molar-refractivity contribution in [3.05, 3.63) is 18.2 Å². The highest BCUT2D eigenvalue weighted by atomic mass is 32.2. The van der Waals surface area contributed by atoms with Gasteiger partial charge in [0.2, 0.25) is 0 Å². The lowest BCUT2D eigenvalue weighted by atomic mass is 10.3. The maximum absolute atomic E-state index is 12.5. The summed E-state index contributed by atoms with van der Waals surface area (Å²) in [5.41, 5.74) is -11.6. The zero-order valence-corrected chi connectivity index (χ0v) is 15.9. The molecule has 0 aliphatic heterocycles. The Morgan fingerprint density at radius 1 is 0.769 bits per heavy atom. The van der Waals surface area contributed by atoms with Crippen LogP contribution in [0.1, 0.15) is 0 Å². The summed E-state index contributed by atoms with van der Waals surface area (Å²) < 4.78 is 128. The fourth-order valence-electron chi connectivity index (χ4n) is 1.72. The van der Waals surface area contributed by atoms with Gasteiger partial charge in [0, 0.05) is 5.19 Å². The number of hydrogen-bond donors (Lipinski definition) is 0. The third-order valence-corrected chi connectivity index (χ3v) is 6.63. The zero-order chi connectivity index (χ0) is 20.8. The van der Waals surface area contributed by atoms with Crippen LogP contribution in [0.15, 0.2) is 18.2 Å². The molecule has 0 N–H and O–H groups in total. The SMILES string of the molecule is C[Si](C)(C)c1c(OS(=O)(=O)C(F)(F)F)cccc1OS(=O)(=O)C(F)(F)F. The van der Waals surface area contributed by atoms with Gasteiger partial charge in [-0.1, -0.05) is 25.7 Å². The highest BCUT2D eigenvalue weighted by Crippen LogP contribution is 2.32. The molecule has 15 heteroatoms. The molecule has 0 unspecified atom stereocenters. The molecule has 26 heavy (non-hydrogen) atoms. The Kier molecular flexibility index (Phi) is 5.72. The van der Waals surface area contributed by atoms with Crippen molar-refractivity contribution in [2.75, 3.05) is 0 Å². The maximum Gasteiger partial charge on any atom is 0.534 e. The van der Waals surface area contributed by atoms with Crippen molar-refractivity contribution < 1.29 is 51.5 Å². The topological polar surface area (TPSA) is 86.7 Å². The predicted molar refractivity (Wildman–Crippen MR) is 80.6 cm³/mol. The van der Waals surface area contributed by atoms with E-state index in [1.54, 1.807) is 0 Å². The third kappa shape index (κ3) is 4.82. The zero-order valence-electron chi connectivity index (χ0n) is 13.3. The van der Waals surface area contributed by atoms with Gasteiger partial charge < -0.3 is 8.37 Å². The second kappa shape index (κ2) is 6.60. The van der Waals surface area contributed by atoms with Crippen molar-refractivity contribution in [2.45, 2.75) is 30.7 Å². The number of hydrogen-bond acceptors (Lipinski definition) is 6. The molecule has 0 spiro atoms. The lowest BCUT2D eigenvalue weighted by Crippen LogP contribution is -2.42. The Balaban J connectivity index is 3.59. The summed E-state index contributed by atoms with van der Waals surface area (Å²) in [6.07, 6.45) is 0. The van der Waals surface area contributed by atoms with E-state index >= 15 is 0 Å². The van der Waals surface area contributed by atoms with E-state index in [1.807, 2.05) is 0 Å². The average molecular weight is 446 g/mol. The first-order valence-electron chi connectivity index (χ1n) is 6.44. The molecule has 0 aromatic heterocycles. The molecule has 0 amide bonds. The molecular weight excluding hydrogens is 434 g/mol. The van der Waals surface area contributed by atoms with E-state index in [0.717, 1.165) is 18.2 Å². The van der Waals surface area contributed by atoms with E-state index in [2.05, 4.69) is 8.37 Å². The van der Waals surface area contributed by atoms with Gasteiger partial charge in [0.1, 0.15) is 11.5 Å². The van der Waals surface area contributed by atoms with E-state index in [0.29, 0.717) is 0 Å². The van der Waals surface area contributed by atoms with Gasteiger partial charge in [-0.05, 0) is 12.1 Å². The number of alkyl halides is 6. The molecule has 0 saturated heterocycles. The molecule has 0 fully saturated rings. The van der Waals surface area contributed by atoms with Gasteiger partial charge in [0.05, 0.1) is 8.07 Å². The van der Waals surface area contributed by atoms with Crippen LogP contribution in [0.3, 0.4) is 0 Å². The molecule has 1 aromatic carbocycles. The first-order chi connectivity index (χ1) is 11.3. The van der Waals surface area contributed by atoms with Gasteiger partial charge in [0.15, 0.2) is 0 Å². The summed E-state index contributed by atoms with van der Waals surface area (Å²) in [6, 6.07) is 2.31. The summed E-state index contributed by atoms with van der Waals surface area (Å²) >= 11 is 0. The monoisotopic (exact) mass is 446 g/mol. The Hall–Kier alpha value is -1.48. The first-order valence-corrected chi connectivity index (χ1v) is 12.8. The van der Waals surface area contributed by atoms with E-state index in [-0.39, 0.29) is 0 Å². The van der Waals surface area contributed by atoms with E-state index < -0.39 is 56.0 Å². The van der Waals surface area contributed by atoms with Crippen LogP contribution < -0.4 is 13.6 Å². The van der Waals surface area contributed by atoms with Crippen LogP contribution in [0.4, 0.5) is 26.3 Å². The van der Waals surface area contributed by atoms with E-state index in [9.17, 15) is 43.2 Å². The molecule has 0 aliphatic carbocycles. The van der Waals surface area contributed by atoms with Gasteiger partial charge in [-0.2, -0.15) is 43.2 Å². The molecule has 0 heterocycles. The molecule has 0 aliphatic rings. The van der Waals surface area contributed by atoms with Crippen LogP contribution in [0.5, 0.6) is 11.5 Å². The fourth-order valence-corrected chi connectivity index (χ4v) is 4.55. The second-order valence-electron chi connectivity index (χ2n) is 5.85. The molecule has 6 nitrogen and oxygen atoms in total. The smallest absolute Gasteiger partial charge is 0.376 e. The summed E-state index contributed by atoms with van der Waals surface area (Å²) in [5, 5.41) is -0.486. The summed E-state index contributed by atoms with van der Waals surface area (Å²) in [5.74, 6) is -1.92. The predicted octanol–water partition coefficient (Wildman–Crippen LogP) is 2.69. The van der Waals surface area contributed by atoms with E-state index in [1.165, 1.54) is 19.6 Å². The third-order valence-electron chi connectivity index (χ3n) is 2.70. The standard InChI is InChI=1S/C11H12F6O6S2Si/c1-26(2,3)9-7(22-24(18,19)10(12,13)14)5-4-6-8(9)23-25(20,21)11(15,16)17/h4-6H,1-3H3. The molecule has 150 valence electrons. The lowest BCUT2D eigenvalue weighted by Gasteiger charge is -2.24. The Bertz CT molecular complexity index is 819. The normalized spacial score (nSPS) is 14.2. The largest absolute Gasteiger partial charge is 0.534 e. The minimum atomic E-state index is -6.13. The van der Waals surface area contributed by atoms with Crippen LogP contribution >= 0.6 is 0 Å². The van der Waals surface area contributed by atoms with Crippen LogP contribution in [-0.4, -0.2) is 35.9 Å². The van der Waals surface area contributed by atoms with Crippen LogP contribution in [0.2, 0.25) is 19.6 Å². The molecule has 0 bridgehead atoms. The van der Waals surface area contributed by atoms with Crippen LogP contribution in [-0.2, 0) is 20.2 Å². The van der Waals surface area contributed by atoms with Crippen LogP contribution in [0.25, 0.3) is 0 Å². The molecular formula is C11H12F6O6S2Si. The Morgan fingerprint density at radius 3 is 1.31 bits per heavy atom. The number of benzene rings is 1. The van der Waals surface area contributed by atoms with Crippen molar-refractivity contribution in [1.82, 2.24) is 0 Å². The first kappa shape index (κ1) is 22.6. The highest BCUT2D eigenvalue weighted by Gasteiger charge is 2.51. The quantitative estimate of drug-likeness (QED) is 0.299. The van der Waals surface area contributed by atoms with Gasteiger partial charge >= 0.3 is 31.3 Å². The van der Waals surface area contributed by atoms with Gasteiger partial charge in [-0.3, -0.25) is 0 Å². The Morgan fingerprint density at radius 2 is 1.08 bits per heavy atom. The fraction of sp³-hybridized carbons (Fsp3) is 0.455. The van der Waals surface area contributed by atoms with Crippen molar-refractivity contribution >= 4 is 33.5 Å². The molecule has 0 atom stereocenters. The van der Waals surface area contributed by atoms with Crippen molar-refractivity contribution in [1.29, 1.82) is 0 Å². The van der Waals surface area contributed by atoms with Crippen molar-refractivity contribution in [3.8, 4) is 11.5 Å². The second-order valence-corrected chi connectivity index (χ2v) is 13.9. The van der Waals surface area contributed by atoms with Gasteiger partial charge in [-0.15, -0.1) is 0 Å². The highest BCUT2D eigenvalue weighted by molar-refractivity contribution is 7.88. The number of rotatable bonds is 5. The summed E-state index contributed by atoms with van der Waals surface area (Å²) in [7, 11) is -15.2. The van der Waals surface area contributed by atoms with Crippen molar-refractivity contribution in [2.24, 2.45) is 0 Å². The van der Waals surface area contributed by atoms with Gasteiger partial charge in [0.25, 0.3) is 0 Å². The minimum absolute atomic E-state index is 0.486. The summed E-state index contributed by atoms with van der Waals surface area (Å²) in [6.45, 7) is 4.22. The summed E-state index contributed by atoms with van der Waals surface area (Å²) in [4.78, 5) is 0. The average Bonchev–Trinajstić information content (AvgIpc) is 2.33. The maximum atomic E-state index is 12.5. The molecule has 0 saturated carbocycles.